The topological polar surface area (TPSA) is 52.3 Å². The number of carbonyl (C=O) groups excluding carboxylic acids is 1. The van der Waals surface area contributed by atoms with Gasteiger partial charge in [0.1, 0.15) is 11.6 Å². The maximum Gasteiger partial charge on any atom is 0.307 e. The average Bonchev–Trinajstić information content (AvgIpc) is 2.24. The van der Waals surface area contributed by atoms with Gasteiger partial charge in [-0.3, -0.25) is 4.79 Å². The number of benzene rings is 1. The van der Waals surface area contributed by atoms with E-state index in [-0.39, 0.29) is 23.1 Å². The fourth-order valence-corrected chi connectivity index (χ4v) is 1.73. The fraction of sp³-hybridized carbons (Fsp3) is 0.364. The highest BCUT2D eigenvalue weighted by Crippen LogP contribution is 2.27. The van der Waals surface area contributed by atoms with Crippen molar-refractivity contribution in [3.8, 4) is 0 Å². The SMILES string of the molecule is CCOC(=O)C[C@H](N)c1c(F)ccc(Br)c1F. The van der Waals surface area contributed by atoms with Gasteiger partial charge in [-0.1, -0.05) is 0 Å². The minimum Gasteiger partial charge on any atom is -0.466 e. The Kier molecular flexibility index (Phi) is 5.02. The van der Waals surface area contributed by atoms with Gasteiger partial charge in [-0.25, -0.2) is 8.78 Å². The van der Waals surface area contributed by atoms with Crippen molar-refractivity contribution in [1.29, 1.82) is 0 Å². The van der Waals surface area contributed by atoms with Crippen molar-refractivity contribution in [3.63, 3.8) is 0 Å². The third-order valence-electron chi connectivity index (χ3n) is 2.14. The zero-order valence-electron chi connectivity index (χ0n) is 9.17. The lowest BCUT2D eigenvalue weighted by molar-refractivity contribution is -0.143. The first-order valence-corrected chi connectivity index (χ1v) is 5.81. The Morgan fingerprint density at radius 2 is 2.18 bits per heavy atom. The van der Waals surface area contributed by atoms with Crippen LogP contribution in [0.4, 0.5) is 8.78 Å². The standard InChI is InChI=1S/C11H12BrF2NO2/c1-2-17-9(16)5-8(15)10-7(13)4-3-6(12)11(10)14/h3-4,8H,2,5,15H2,1H3/t8-/m0/s1. The molecule has 0 aliphatic rings. The molecule has 2 N–H and O–H groups in total. The summed E-state index contributed by atoms with van der Waals surface area (Å²) in [6, 6.07) is 1.27. The molecule has 1 rings (SSSR count). The molecular formula is C11H12BrF2NO2. The Labute approximate surface area is 106 Å². The summed E-state index contributed by atoms with van der Waals surface area (Å²) >= 11 is 2.93. The molecule has 1 atom stereocenters. The molecule has 0 aromatic heterocycles. The van der Waals surface area contributed by atoms with E-state index in [1.165, 1.54) is 6.07 Å². The molecule has 3 nitrogen and oxygen atoms in total. The molecule has 0 aliphatic heterocycles. The summed E-state index contributed by atoms with van der Waals surface area (Å²) in [7, 11) is 0. The molecule has 0 aliphatic carbocycles. The van der Waals surface area contributed by atoms with Crippen molar-refractivity contribution in [2.75, 3.05) is 6.61 Å². The highest BCUT2D eigenvalue weighted by Gasteiger charge is 2.21. The number of rotatable bonds is 4. The largest absolute Gasteiger partial charge is 0.466 e. The molecule has 0 spiro atoms. The number of halogens is 3. The summed E-state index contributed by atoms with van der Waals surface area (Å²) in [5, 5.41) is 0. The minimum atomic E-state index is -1.06. The van der Waals surface area contributed by atoms with Crippen LogP contribution in [-0.2, 0) is 9.53 Å². The van der Waals surface area contributed by atoms with Crippen molar-refractivity contribution >= 4 is 21.9 Å². The Bertz CT molecular complexity index is 426. The minimum absolute atomic E-state index is 0.105. The van der Waals surface area contributed by atoms with Crippen LogP contribution in [0.3, 0.4) is 0 Å². The number of hydrogen-bond acceptors (Lipinski definition) is 3. The van der Waals surface area contributed by atoms with Crippen LogP contribution in [0, 0.1) is 11.6 Å². The predicted molar refractivity (Wildman–Crippen MR) is 62.2 cm³/mol. The number of hydrogen-bond donors (Lipinski definition) is 1. The monoisotopic (exact) mass is 307 g/mol. The van der Waals surface area contributed by atoms with Crippen LogP contribution in [0.2, 0.25) is 0 Å². The van der Waals surface area contributed by atoms with Crippen LogP contribution >= 0.6 is 15.9 Å². The van der Waals surface area contributed by atoms with Crippen LogP contribution in [0.1, 0.15) is 24.9 Å². The van der Waals surface area contributed by atoms with Crippen molar-refractivity contribution in [2.24, 2.45) is 5.73 Å². The molecular weight excluding hydrogens is 296 g/mol. The number of carbonyl (C=O) groups is 1. The van der Waals surface area contributed by atoms with Gasteiger partial charge in [-0.05, 0) is 35.0 Å². The zero-order chi connectivity index (χ0) is 13.0. The zero-order valence-corrected chi connectivity index (χ0v) is 10.8. The van der Waals surface area contributed by atoms with Crippen LogP contribution in [-0.4, -0.2) is 12.6 Å². The van der Waals surface area contributed by atoms with E-state index in [1.807, 2.05) is 0 Å². The number of nitrogens with two attached hydrogens (primary N) is 1. The first kappa shape index (κ1) is 14.1. The highest BCUT2D eigenvalue weighted by molar-refractivity contribution is 9.10. The molecule has 1 aromatic carbocycles. The van der Waals surface area contributed by atoms with Gasteiger partial charge >= 0.3 is 5.97 Å². The second-order valence-electron chi connectivity index (χ2n) is 3.37. The van der Waals surface area contributed by atoms with Crippen molar-refractivity contribution in [2.45, 2.75) is 19.4 Å². The van der Waals surface area contributed by atoms with Gasteiger partial charge in [0.15, 0.2) is 0 Å². The molecule has 0 fully saturated rings. The van der Waals surface area contributed by atoms with E-state index in [1.54, 1.807) is 6.92 Å². The van der Waals surface area contributed by atoms with Gasteiger partial charge in [0, 0.05) is 11.6 Å². The molecule has 17 heavy (non-hydrogen) atoms. The Morgan fingerprint density at radius 1 is 1.53 bits per heavy atom. The maximum atomic E-state index is 13.6. The van der Waals surface area contributed by atoms with E-state index in [9.17, 15) is 13.6 Å². The third-order valence-corrected chi connectivity index (χ3v) is 2.75. The normalized spacial score (nSPS) is 12.3. The smallest absolute Gasteiger partial charge is 0.307 e. The maximum absolute atomic E-state index is 13.6. The number of esters is 1. The average molecular weight is 308 g/mol. The molecule has 6 heteroatoms. The van der Waals surface area contributed by atoms with Gasteiger partial charge in [-0.15, -0.1) is 0 Å². The molecule has 0 radical (unpaired) electrons. The van der Waals surface area contributed by atoms with Crippen molar-refractivity contribution in [1.82, 2.24) is 0 Å². The molecule has 0 unspecified atom stereocenters. The lowest BCUT2D eigenvalue weighted by Gasteiger charge is -2.13. The van der Waals surface area contributed by atoms with Gasteiger partial charge in [0.05, 0.1) is 17.5 Å². The Balaban J connectivity index is 2.92. The molecule has 0 saturated heterocycles. The summed E-state index contributed by atoms with van der Waals surface area (Å²) in [5.74, 6) is -2.15. The summed E-state index contributed by atoms with van der Waals surface area (Å²) in [5.41, 5.74) is 5.28. The summed E-state index contributed by atoms with van der Waals surface area (Å²) < 4.78 is 31.8. The van der Waals surface area contributed by atoms with E-state index in [0.29, 0.717) is 0 Å². The summed E-state index contributed by atoms with van der Waals surface area (Å²) in [6.45, 7) is 1.85. The van der Waals surface area contributed by atoms with Crippen molar-refractivity contribution in [3.05, 3.63) is 33.8 Å². The Morgan fingerprint density at radius 3 is 2.76 bits per heavy atom. The first-order chi connectivity index (χ1) is 7.97. The van der Waals surface area contributed by atoms with E-state index in [4.69, 9.17) is 5.73 Å². The van der Waals surface area contributed by atoms with E-state index in [0.717, 1.165) is 6.07 Å². The van der Waals surface area contributed by atoms with Crippen LogP contribution in [0.15, 0.2) is 16.6 Å². The van der Waals surface area contributed by atoms with Crippen molar-refractivity contribution < 1.29 is 18.3 Å². The second-order valence-corrected chi connectivity index (χ2v) is 4.23. The molecule has 0 saturated carbocycles. The molecule has 0 bridgehead atoms. The number of ether oxygens (including phenoxy) is 1. The summed E-state index contributed by atoms with van der Waals surface area (Å²) in [4.78, 5) is 11.2. The lowest BCUT2D eigenvalue weighted by Crippen LogP contribution is -2.20. The van der Waals surface area contributed by atoms with Gasteiger partial charge in [-0.2, -0.15) is 0 Å². The molecule has 0 amide bonds. The highest BCUT2D eigenvalue weighted by atomic mass is 79.9. The van der Waals surface area contributed by atoms with E-state index >= 15 is 0 Å². The van der Waals surface area contributed by atoms with E-state index < -0.39 is 23.6 Å². The van der Waals surface area contributed by atoms with Gasteiger partial charge in [0.25, 0.3) is 0 Å². The quantitative estimate of drug-likeness (QED) is 0.687. The lowest BCUT2D eigenvalue weighted by atomic mass is 10.0. The predicted octanol–water partition coefficient (Wildman–Crippen LogP) is 2.68. The third kappa shape index (κ3) is 3.47. The summed E-state index contributed by atoms with van der Waals surface area (Å²) in [6.07, 6.45) is -0.266. The fourth-order valence-electron chi connectivity index (χ4n) is 1.38. The second kappa shape index (κ2) is 6.07. The van der Waals surface area contributed by atoms with E-state index in [2.05, 4.69) is 20.7 Å². The Hall–Kier alpha value is -1.01. The van der Waals surface area contributed by atoms with Gasteiger partial charge in [0.2, 0.25) is 0 Å². The molecule has 94 valence electrons. The van der Waals surface area contributed by atoms with Gasteiger partial charge < -0.3 is 10.5 Å². The first-order valence-electron chi connectivity index (χ1n) is 5.02. The van der Waals surface area contributed by atoms with Crippen LogP contribution in [0.5, 0.6) is 0 Å². The van der Waals surface area contributed by atoms with Crippen LogP contribution in [0.25, 0.3) is 0 Å². The molecule has 0 heterocycles. The molecule has 1 aromatic rings. The van der Waals surface area contributed by atoms with Crippen LogP contribution < -0.4 is 5.73 Å².